The number of amides is 1. The van der Waals surface area contributed by atoms with E-state index in [1.54, 1.807) is 20.8 Å². The fraction of sp³-hybridized carbons (Fsp3) is 0.333. The molecular weight excluding hydrogens is 434 g/mol. The van der Waals surface area contributed by atoms with Crippen LogP contribution in [0.2, 0.25) is 0 Å². The highest BCUT2D eigenvalue weighted by Crippen LogP contribution is 2.34. The quantitative estimate of drug-likeness (QED) is 0.512. The van der Waals surface area contributed by atoms with Crippen LogP contribution in [0.15, 0.2) is 24.3 Å². The van der Waals surface area contributed by atoms with Gasteiger partial charge in [0.15, 0.2) is 0 Å². The van der Waals surface area contributed by atoms with Gasteiger partial charge in [-0.25, -0.2) is 9.59 Å². The molecule has 0 bridgehead atoms. The fourth-order valence-electron chi connectivity index (χ4n) is 2.86. The number of anilines is 1. The van der Waals surface area contributed by atoms with Crippen LogP contribution in [0.25, 0.3) is 11.4 Å². The van der Waals surface area contributed by atoms with E-state index in [9.17, 15) is 14.4 Å². The predicted octanol–water partition coefficient (Wildman–Crippen LogP) is 3.01. The Morgan fingerprint density at radius 2 is 1.69 bits per heavy atom. The van der Waals surface area contributed by atoms with Gasteiger partial charge in [-0.1, -0.05) is 29.8 Å². The molecule has 0 aliphatic rings. The Morgan fingerprint density at radius 3 is 2.34 bits per heavy atom. The highest BCUT2D eigenvalue weighted by atomic mass is 32.1. The number of rotatable bonds is 8. The van der Waals surface area contributed by atoms with Crippen molar-refractivity contribution in [3.05, 3.63) is 45.8 Å². The van der Waals surface area contributed by atoms with Crippen molar-refractivity contribution >= 4 is 34.2 Å². The number of thiophene rings is 1. The van der Waals surface area contributed by atoms with Crippen LogP contribution in [0, 0.1) is 13.8 Å². The molecule has 2 heterocycles. The van der Waals surface area contributed by atoms with Gasteiger partial charge >= 0.3 is 11.9 Å². The molecule has 1 aromatic carbocycles. The number of nitrogens with zero attached hydrogens (tertiary/aromatic N) is 4. The topological polar surface area (TPSA) is 125 Å². The van der Waals surface area contributed by atoms with Crippen LogP contribution >= 0.6 is 11.3 Å². The molecule has 0 saturated carbocycles. The van der Waals surface area contributed by atoms with Gasteiger partial charge in [-0.05, 0) is 38.5 Å². The normalized spacial score (nSPS) is 10.6. The van der Waals surface area contributed by atoms with Gasteiger partial charge in [0.05, 0.1) is 18.8 Å². The summed E-state index contributed by atoms with van der Waals surface area (Å²) in [6.45, 7) is 7.06. The molecule has 0 saturated heterocycles. The summed E-state index contributed by atoms with van der Waals surface area (Å²) >= 11 is 0.958. The van der Waals surface area contributed by atoms with E-state index >= 15 is 0 Å². The van der Waals surface area contributed by atoms with Crippen molar-refractivity contribution in [2.45, 2.75) is 34.2 Å². The molecule has 168 valence electrons. The first-order valence-corrected chi connectivity index (χ1v) is 10.8. The van der Waals surface area contributed by atoms with E-state index in [0.717, 1.165) is 27.3 Å². The van der Waals surface area contributed by atoms with E-state index in [0.29, 0.717) is 11.4 Å². The monoisotopic (exact) mass is 457 g/mol. The van der Waals surface area contributed by atoms with E-state index in [1.807, 2.05) is 31.2 Å². The van der Waals surface area contributed by atoms with Crippen LogP contribution in [0.3, 0.4) is 0 Å². The number of carbonyl (C=O) groups is 3. The average Bonchev–Trinajstić information content (AvgIpc) is 3.33. The summed E-state index contributed by atoms with van der Waals surface area (Å²) in [4.78, 5) is 38.7. The van der Waals surface area contributed by atoms with Crippen LogP contribution in [0.4, 0.5) is 5.00 Å². The van der Waals surface area contributed by atoms with Crippen molar-refractivity contribution in [1.82, 2.24) is 20.2 Å². The van der Waals surface area contributed by atoms with Gasteiger partial charge in [0.25, 0.3) is 0 Å². The van der Waals surface area contributed by atoms with Crippen molar-refractivity contribution in [2.24, 2.45) is 0 Å². The molecule has 0 atom stereocenters. The van der Waals surface area contributed by atoms with Crippen LogP contribution < -0.4 is 5.32 Å². The number of carbonyl (C=O) groups excluding carboxylic acids is 3. The molecule has 3 rings (SSSR count). The summed E-state index contributed by atoms with van der Waals surface area (Å²) < 4.78 is 10.1. The number of esters is 2. The molecule has 0 radical (unpaired) electrons. The summed E-state index contributed by atoms with van der Waals surface area (Å²) in [6.07, 6.45) is 0. The number of tetrazole rings is 1. The summed E-state index contributed by atoms with van der Waals surface area (Å²) in [5.74, 6) is -1.30. The molecule has 0 fully saturated rings. The Bertz CT molecular complexity index is 1140. The molecule has 10 nitrogen and oxygen atoms in total. The van der Waals surface area contributed by atoms with Crippen LogP contribution in [-0.4, -0.2) is 51.3 Å². The third kappa shape index (κ3) is 5.17. The van der Waals surface area contributed by atoms with Gasteiger partial charge in [-0.3, -0.25) is 4.79 Å². The summed E-state index contributed by atoms with van der Waals surface area (Å²) in [5, 5.41) is 15.0. The second-order valence-corrected chi connectivity index (χ2v) is 7.78. The maximum absolute atomic E-state index is 12.6. The van der Waals surface area contributed by atoms with Gasteiger partial charge in [0.1, 0.15) is 16.4 Å². The van der Waals surface area contributed by atoms with Crippen molar-refractivity contribution in [3.63, 3.8) is 0 Å². The zero-order chi connectivity index (χ0) is 23.3. The van der Waals surface area contributed by atoms with Crippen LogP contribution in [-0.2, 0) is 20.8 Å². The summed E-state index contributed by atoms with van der Waals surface area (Å²) in [6, 6.07) is 7.60. The molecule has 11 heteroatoms. The zero-order valence-electron chi connectivity index (χ0n) is 18.2. The Morgan fingerprint density at radius 1 is 1.03 bits per heavy atom. The molecule has 0 aliphatic heterocycles. The molecule has 0 spiro atoms. The van der Waals surface area contributed by atoms with E-state index in [-0.39, 0.29) is 35.2 Å². The first-order valence-electron chi connectivity index (χ1n) is 9.96. The van der Waals surface area contributed by atoms with E-state index in [1.165, 1.54) is 0 Å². The lowest BCUT2D eigenvalue weighted by molar-refractivity contribution is -0.117. The SMILES string of the molecule is CCOC(=O)c1sc(NC(=O)Cn2nnc(-c3ccc(C)cc3)n2)c(C(=O)OCC)c1C. The minimum Gasteiger partial charge on any atom is -0.462 e. The molecule has 2 aromatic heterocycles. The lowest BCUT2D eigenvalue weighted by atomic mass is 10.1. The number of hydrogen-bond donors (Lipinski definition) is 1. The van der Waals surface area contributed by atoms with Gasteiger partial charge in [0.2, 0.25) is 11.7 Å². The van der Waals surface area contributed by atoms with E-state index < -0.39 is 17.8 Å². The molecule has 3 aromatic rings. The maximum Gasteiger partial charge on any atom is 0.348 e. The molecular formula is C21H23N5O5S. The van der Waals surface area contributed by atoms with Crippen molar-refractivity contribution < 1.29 is 23.9 Å². The van der Waals surface area contributed by atoms with E-state index in [4.69, 9.17) is 9.47 Å². The molecule has 0 aliphatic carbocycles. The lowest BCUT2D eigenvalue weighted by Gasteiger charge is -2.06. The van der Waals surface area contributed by atoms with Gasteiger partial charge in [-0.15, -0.1) is 21.5 Å². The van der Waals surface area contributed by atoms with Gasteiger partial charge in [0, 0.05) is 5.56 Å². The average molecular weight is 458 g/mol. The summed E-state index contributed by atoms with van der Waals surface area (Å²) in [5.41, 5.74) is 2.40. The number of nitrogens with one attached hydrogen (secondary N) is 1. The molecule has 32 heavy (non-hydrogen) atoms. The molecule has 0 unspecified atom stereocenters. The van der Waals surface area contributed by atoms with Gasteiger partial charge < -0.3 is 14.8 Å². The summed E-state index contributed by atoms with van der Waals surface area (Å²) in [7, 11) is 0. The lowest BCUT2D eigenvalue weighted by Crippen LogP contribution is -2.21. The van der Waals surface area contributed by atoms with Crippen LogP contribution in [0.5, 0.6) is 0 Å². The highest BCUT2D eigenvalue weighted by Gasteiger charge is 2.27. The van der Waals surface area contributed by atoms with Crippen molar-refractivity contribution in [3.8, 4) is 11.4 Å². The third-order valence-electron chi connectivity index (χ3n) is 4.39. The van der Waals surface area contributed by atoms with Crippen molar-refractivity contribution in [1.29, 1.82) is 0 Å². The van der Waals surface area contributed by atoms with Crippen molar-refractivity contribution in [2.75, 3.05) is 18.5 Å². The number of aryl methyl sites for hydroxylation is 1. The van der Waals surface area contributed by atoms with Gasteiger partial charge in [-0.2, -0.15) is 4.80 Å². The highest BCUT2D eigenvalue weighted by molar-refractivity contribution is 7.18. The zero-order valence-corrected chi connectivity index (χ0v) is 19.0. The number of hydrogen-bond acceptors (Lipinski definition) is 9. The number of aromatic nitrogens is 4. The second-order valence-electron chi connectivity index (χ2n) is 6.76. The molecule has 1 N–H and O–H groups in total. The Balaban J connectivity index is 1.79. The number of ether oxygens (including phenoxy) is 2. The first kappa shape index (κ1) is 23.1. The Hall–Kier alpha value is -3.60. The van der Waals surface area contributed by atoms with Crippen LogP contribution in [0.1, 0.15) is 45.0 Å². The minimum absolute atomic E-state index is 0.125. The second kappa shape index (κ2) is 10.1. The Labute approximate surface area is 188 Å². The Kier molecular flexibility index (Phi) is 7.31. The standard InChI is InChI=1S/C21H23N5O5S/c1-5-30-20(28)16-13(4)17(21(29)31-6-2)32-19(16)22-15(27)11-26-24-18(23-25-26)14-9-7-12(3)8-10-14/h7-10H,5-6,11H2,1-4H3,(H,22,27). The first-order chi connectivity index (χ1) is 15.3. The maximum atomic E-state index is 12.6. The largest absolute Gasteiger partial charge is 0.462 e. The smallest absolute Gasteiger partial charge is 0.348 e. The fourth-order valence-corrected chi connectivity index (χ4v) is 3.97. The minimum atomic E-state index is -0.632. The third-order valence-corrected chi connectivity index (χ3v) is 5.58. The molecule has 1 amide bonds. The predicted molar refractivity (Wildman–Crippen MR) is 118 cm³/mol. The number of benzene rings is 1. The van der Waals surface area contributed by atoms with E-state index in [2.05, 4.69) is 20.7 Å².